The number of rotatable bonds is 3. The lowest BCUT2D eigenvalue weighted by atomic mass is 9.94. The van der Waals surface area contributed by atoms with Crippen molar-refractivity contribution in [3.05, 3.63) is 0 Å². The number of amidine groups is 1. The van der Waals surface area contributed by atoms with Crippen LogP contribution < -0.4 is 10.6 Å². The maximum Gasteiger partial charge on any atom is 0.109 e. The number of aliphatic hydroxyl groups is 2. The number of hydrogen-bond acceptors (Lipinski definition) is 5. The number of nitrogens with one attached hydrogen (secondary N) is 2. The molecular weight excluding hydrogens is 222 g/mol. The molecule has 0 aromatic heterocycles. The second-order valence-electron chi connectivity index (χ2n) is 4.55. The van der Waals surface area contributed by atoms with Crippen LogP contribution in [0.2, 0.25) is 0 Å². The number of hydrogen-bond donors (Lipinski definition) is 4. The van der Waals surface area contributed by atoms with Crippen LogP contribution in [0.3, 0.4) is 0 Å². The van der Waals surface area contributed by atoms with Crippen LogP contribution in [-0.2, 0) is 4.74 Å². The van der Waals surface area contributed by atoms with Gasteiger partial charge in [-0.1, -0.05) is 6.92 Å². The fraction of sp³-hybridized carbons (Fsp3) is 0.909. The van der Waals surface area contributed by atoms with Gasteiger partial charge in [0, 0.05) is 20.0 Å². The highest BCUT2D eigenvalue weighted by Gasteiger charge is 2.47. The van der Waals surface area contributed by atoms with Gasteiger partial charge in [-0.2, -0.15) is 0 Å². The molecule has 2 heterocycles. The zero-order valence-corrected chi connectivity index (χ0v) is 10.3. The molecule has 0 unspecified atom stereocenters. The van der Waals surface area contributed by atoms with Crippen LogP contribution in [0.25, 0.3) is 0 Å². The lowest BCUT2D eigenvalue weighted by Crippen LogP contribution is -2.61. The van der Waals surface area contributed by atoms with E-state index in [-0.39, 0.29) is 18.2 Å². The highest BCUT2D eigenvalue weighted by atomic mass is 16.5. The maximum absolute atomic E-state index is 10.1. The zero-order chi connectivity index (χ0) is 12.4. The van der Waals surface area contributed by atoms with E-state index in [1.54, 1.807) is 7.05 Å². The van der Waals surface area contributed by atoms with Crippen molar-refractivity contribution in [3.8, 4) is 0 Å². The highest BCUT2D eigenvalue weighted by molar-refractivity contribution is 5.85. The van der Waals surface area contributed by atoms with Crippen molar-refractivity contribution in [2.75, 3.05) is 20.1 Å². The molecule has 6 nitrogen and oxygen atoms in total. The van der Waals surface area contributed by atoms with Crippen molar-refractivity contribution >= 4 is 5.84 Å². The fourth-order valence-electron chi connectivity index (χ4n) is 2.45. The van der Waals surface area contributed by atoms with Crippen molar-refractivity contribution < 1.29 is 14.9 Å². The summed E-state index contributed by atoms with van der Waals surface area (Å²) in [7, 11) is 1.71. The monoisotopic (exact) mass is 243 g/mol. The Morgan fingerprint density at radius 3 is 2.88 bits per heavy atom. The van der Waals surface area contributed by atoms with E-state index in [1.165, 1.54) is 0 Å². The fourth-order valence-corrected chi connectivity index (χ4v) is 2.45. The Balaban J connectivity index is 2.03. The molecule has 17 heavy (non-hydrogen) atoms. The van der Waals surface area contributed by atoms with E-state index in [9.17, 15) is 10.2 Å². The van der Waals surface area contributed by atoms with Crippen LogP contribution in [0, 0.1) is 0 Å². The van der Waals surface area contributed by atoms with E-state index in [2.05, 4.69) is 15.6 Å². The molecule has 2 aliphatic heterocycles. The first-order chi connectivity index (χ1) is 8.17. The second-order valence-corrected chi connectivity index (χ2v) is 4.55. The molecule has 6 heteroatoms. The van der Waals surface area contributed by atoms with Gasteiger partial charge in [0.15, 0.2) is 0 Å². The van der Waals surface area contributed by atoms with Gasteiger partial charge in [0.2, 0.25) is 0 Å². The number of aliphatic hydroxyl groups excluding tert-OH is 2. The second kappa shape index (κ2) is 5.30. The molecular formula is C11H21N3O3. The summed E-state index contributed by atoms with van der Waals surface area (Å²) < 4.78 is 5.81. The van der Waals surface area contributed by atoms with Gasteiger partial charge in [-0.3, -0.25) is 4.99 Å². The van der Waals surface area contributed by atoms with Gasteiger partial charge in [-0.15, -0.1) is 0 Å². The van der Waals surface area contributed by atoms with Gasteiger partial charge in [0.05, 0.1) is 24.1 Å². The smallest absolute Gasteiger partial charge is 0.109 e. The quantitative estimate of drug-likeness (QED) is 0.483. The Bertz CT molecular complexity index is 298. The third-order valence-electron chi connectivity index (χ3n) is 3.44. The third-order valence-corrected chi connectivity index (χ3v) is 3.44. The summed E-state index contributed by atoms with van der Waals surface area (Å²) in [4.78, 5) is 4.08. The van der Waals surface area contributed by atoms with Crippen LogP contribution in [-0.4, -0.2) is 66.6 Å². The summed E-state index contributed by atoms with van der Waals surface area (Å²) in [5.74, 6) is 0.829. The van der Waals surface area contributed by atoms with Crippen LogP contribution in [0.1, 0.15) is 13.3 Å². The molecule has 0 saturated carbocycles. The van der Waals surface area contributed by atoms with Crippen molar-refractivity contribution in [3.63, 3.8) is 0 Å². The summed E-state index contributed by atoms with van der Waals surface area (Å²) in [5, 5.41) is 26.3. The number of likely N-dealkylation sites (N-methyl/N-ethyl adjacent to an activating group) is 1. The van der Waals surface area contributed by atoms with E-state index >= 15 is 0 Å². The van der Waals surface area contributed by atoms with Crippen molar-refractivity contribution in [2.45, 2.75) is 43.8 Å². The number of fused-ring (bicyclic) bond motifs is 1. The first kappa shape index (κ1) is 12.8. The van der Waals surface area contributed by atoms with Gasteiger partial charge in [-0.05, 0) is 6.54 Å². The molecule has 0 aromatic rings. The van der Waals surface area contributed by atoms with Crippen molar-refractivity contribution in [2.24, 2.45) is 4.99 Å². The van der Waals surface area contributed by atoms with Gasteiger partial charge in [0.1, 0.15) is 12.2 Å². The van der Waals surface area contributed by atoms with Gasteiger partial charge in [0.25, 0.3) is 0 Å². The van der Waals surface area contributed by atoms with E-state index in [0.717, 1.165) is 12.4 Å². The molecule has 0 radical (unpaired) electrons. The molecule has 0 bridgehead atoms. The summed E-state index contributed by atoms with van der Waals surface area (Å²) in [5.41, 5.74) is 0. The Morgan fingerprint density at radius 2 is 2.24 bits per heavy atom. The Hall–Kier alpha value is -0.690. The van der Waals surface area contributed by atoms with Gasteiger partial charge < -0.3 is 25.6 Å². The summed E-state index contributed by atoms with van der Waals surface area (Å²) in [6, 6.07) is -0.249. The molecule has 2 fully saturated rings. The molecule has 0 amide bonds. The summed E-state index contributed by atoms with van der Waals surface area (Å²) >= 11 is 0. The zero-order valence-electron chi connectivity index (χ0n) is 10.3. The summed E-state index contributed by atoms with van der Waals surface area (Å²) in [6.45, 7) is 3.36. The molecule has 0 aromatic carbocycles. The molecule has 2 aliphatic rings. The average molecular weight is 243 g/mol. The van der Waals surface area contributed by atoms with Crippen molar-refractivity contribution in [1.82, 2.24) is 10.6 Å². The molecule has 98 valence electrons. The van der Waals surface area contributed by atoms with E-state index in [1.807, 2.05) is 6.92 Å². The third kappa shape index (κ3) is 2.44. The predicted octanol–water partition coefficient (Wildman–Crippen LogP) is -1.52. The molecule has 0 aliphatic carbocycles. The summed E-state index contributed by atoms with van der Waals surface area (Å²) in [6.07, 6.45) is -1.45. The number of ether oxygens (including phenoxy) is 1. The first-order valence-electron chi connectivity index (χ1n) is 6.11. The van der Waals surface area contributed by atoms with Gasteiger partial charge >= 0.3 is 0 Å². The minimum atomic E-state index is -0.862. The van der Waals surface area contributed by atoms with Gasteiger partial charge in [-0.25, -0.2) is 0 Å². The van der Waals surface area contributed by atoms with Crippen molar-refractivity contribution in [1.29, 1.82) is 0 Å². The Morgan fingerprint density at radius 1 is 1.47 bits per heavy atom. The van der Waals surface area contributed by atoms with E-state index in [0.29, 0.717) is 13.0 Å². The van der Waals surface area contributed by atoms with Crippen LogP contribution in [0.5, 0.6) is 0 Å². The maximum atomic E-state index is 10.1. The molecule has 0 spiro atoms. The highest BCUT2D eigenvalue weighted by Crippen LogP contribution is 2.27. The topological polar surface area (TPSA) is 86.1 Å². The standard InChI is InChI=1S/C11H21N3O3/c1-3-13-5-7-10(15)11(16)9-6(17-7)4-8(12-2)14-9/h6-7,9-11,13,15-16H,3-5H2,1-2H3,(H,12,14)/t6-,7-,9+,10-,11-/m1/s1. The molecule has 2 saturated heterocycles. The minimum absolute atomic E-state index is 0.101. The Labute approximate surface area is 101 Å². The van der Waals surface area contributed by atoms with Crippen LogP contribution in [0.15, 0.2) is 4.99 Å². The largest absolute Gasteiger partial charge is 0.388 e. The average Bonchev–Trinajstić information content (AvgIpc) is 2.75. The minimum Gasteiger partial charge on any atom is -0.388 e. The molecule has 5 atom stereocenters. The van der Waals surface area contributed by atoms with Crippen LogP contribution >= 0.6 is 0 Å². The normalized spacial score (nSPS) is 43.5. The van der Waals surface area contributed by atoms with E-state index < -0.39 is 12.2 Å². The predicted molar refractivity (Wildman–Crippen MR) is 64.1 cm³/mol. The molecule has 2 rings (SSSR count). The first-order valence-corrected chi connectivity index (χ1v) is 6.11. The van der Waals surface area contributed by atoms with E-state index in [4.69, 9.17) is 4.74 Å². The lowest BCUT2D eigenvalue weighted by Gasteiger charge is -2.39. The van der Waals surface area contributed by atoms with Crippen LogP contribution in [0.4, 0.5) is 0 Å². The number of nitrogens with zero attached hydrogens (tertiary/aromatic N) is 1. The number of aliphatic imine (C=N–C) groups is 1. The SMILES string of the molecule is CCNC[C@H]1O[C@@H]2CC(=NC)N[C@@H]2[C@@H](O)[C@@H]1O. The Kier molecular flexibility index (Phi) is 3.98. The molecule has 4 N–H and O–H groups in total. The lowest BCUT2D eigenvalue weighted by molar-refractivity contribution is -0.172.